The average molecular weight is 538 g/mol. The Morgan fingerprint density at radius 3 is 2.47 bits per heavy atom. The molecular weight excluding hydrogens is 505 g/mol. The van der Waals surface area contributed by atoms with Crippen molar-refractivity contribution < 1.29 is 31.8 Å². The number of aromatic nitrogens is 1. The fourth-order valence-corrected chi connectivity index (χ4v) is 5.65. The van der Waals surface area contributed by atoms with E-state index in [1.807, 2.05) is 0 Å². The molecule has 38 heavy (non-hydrogen) atoms. The van der Waals surface area contributed by atoms with Gasteiger partial charge in [0, 0.05) is 53.4 Å². The van der Waals surface area contributed by atoms with Crippen LogP contribution in [-0.2, 0) is 6.42 Å². The molecule has 5 nitrogen and oxygen atoms in total. The minimum Gasteiger partial charge on any atom is -0.488 e. The number of fused-ring (bicyclic) bond motifs is 3. The molecular formula is C28H32F5N3O2. The van der Waals surface area contributed by atoms with Gasteiger partial charge in [-0.3, -0.25) is 9.80 Å². The zero-order valence-corrected chi connectivity index (χ0v) is 21.4. The minimum atomic E-state index is -3.49. The summed E-state index contributed by atoms with van der Waals surface area (Å²) in [4.78, 5) is 6.60. The molecule has 2 aliphatic rings. The van der Waals surface area contributed by atoms with Gasteiger partial charge in [0.2, 0.25) is 0 Å². The number of ether oxygens (including phenoxy) is 1. The second kappa shape index (κ2) is 10.5. The number of rotatable bonds is 9. The number of likely N-dealkylation sites (tertiary alicyclic amines) is 1. The Hall–Kier alpha value is -2.69. The Morgan fingerprint density at radius 2 is 1.82 bits per heavy atom. The molecule has 2 aliphatic heterocycles. The van der Waals surface area contributed by atoms with E-state index in [0.29, 0.717) is 35.2 Å². The van der Waals surface area contributed by atoms with Gasteiger partial charge in [-0.1, -0.05) is 13.3 Å². The van der Waals surface area contributed by atoms with Crippen molar-refractivity contribution in [3.63, 3.8) is 0 Å². The Balaban J connectivity index is 1.52. The number of nitrogens with zero attached hydrogens (tertiary/aromatic N) is 2. The van der Waals surface area contributed by atoms with Crippen molar-refractivity contribution in [3.05, 3.63) is 64.6 Å². The van der Waals surface area contributed by atoms with E-state index in [1.165, 1.54) is 23.1 Å². The van der Waals surface area contributed by atoms with Gasteiger partial charge in [0.05, 0.1) is 12.6 Å². The maximum absolute atomic E-state index is 15.7. The summed E-state index contributed by atoms with van der Waals surface area (Å²) in [5, 5.41) is 9.78. The molecule has 206 valence electrons. The molecule has 2 aromatic carbocycles. The summed E-state index contributed by atoms with van der Waals surface area (Å²) in [6.45, 7) is 3.76. The molecule has 1 saturated heterocycles. The third-order valence-corrected chi connectivity index (χ3v) is 7.60. The maximum Gasteiger partial charge on any atom is 0.283 e. The van der Waals surface area contributed by atoms with E-state index in [4.69, 9.17) is 4.74 Å². The SMILES string of the molecule is CCCCN1CC(Oc2cc(F)c([C@@H]3c4[nH]c5ccc(F)cc5c4C[C@@H](C)N3CC(F)(F)CO)c(F)c2)C1. The summed E-state index contributed by atoms with van der Waals surface area (Å²) in [6, 6.07) is 4.47. The van der Waals surface area contributed by atoms with Crippen LogP contribution in [0.5, 0.6) is 5.75 Å². The van der Waals surface area contributed by atoms with Crippen molar-refractivity contribution >= 4 is 10.9 Å². The summed E-state index contributed by atoms with van der Waals surface area (Å²) < 4.78 is 80.1. The summed E-state index contributed by atoms with van der Waals surface area (Å²) in [7, 11) is 0. The van der Waals surface area contributed by atoms with E-state index in [1.54, 1.807) is 6.92 Å². The van der Waals surface area contributed by atoms with Crippen molar-refractivity contribution in [2.24, 2.45) is 0 Å². The number of aliphatic hydroxyl groups is 1. The molecule has 0 spiro atoms. The molecule has 0 amide bonds. The molecule has 3 aromatic rings. The maximum atomic E-state index is 15.7. The normalized spacial score (nSPS) is 21.1. The van der Waals surface area contributed by atoms with Crippen LogP contribution in [0.2, 0.25) is 0 Å². The van der Waals surface area contributed by atoms with Crippen LogP contribution < -0.4 is 4.74 Å². The minimum absolute atomic E-state index is 0.0407. The first kappa shape index (κ1) is 26.9. The Labute approximate surface area is 218 Å². The van der Waals surface area contributed by atoms with Gasteiger partial charge in [0.25, 0.3) is 5.92 Å². The van der Waals surface area contributed by atoms with Crippen LogP contribution in [0.25, 0.3) is 10.9 Å². The highest BCUT2D eigenvalue weighted by molar-refractivity contribution is 5.85. The molecule has 1 aromatic heterocycles. The number of nitrogens with one attached hydrogen (secondary N) is 1. The zero-order valence-electron chi connectivity index (χ0n) is 21.4. The van der Waals surface area contributed by atoms with E-state index in [0.717, 1.165) is 31.5 Å². The highest BCUT2D eigenvalue weighted by Crippen LogP contribution is 2.44. The van der Waals surface area contributed by atoms with Gasteiger partial charge in [0.15, 0.2) is 0 Å². The zero-order chi connectivity index (χ0) is 27.2. The van der Waals surface area contributed by atoms with Gasteiger partial charge in [-0.25, -0.2) is 22.0 Å². The third-order valence-electron chi connectivity index (χ3n) is 7.60. The van der Waals surface area contributed by atoms with Gasteiger partial charge < -0.3 is 14.8 Å². The van der Waals surface area contributed by atoms with E-state index >= 15 is 8.78 Å². The monoisotopic (exact) mass is 537 g/mol. The number of H-pyrrole nitrogens is 1. The first-order valence-corrected chi connectivity index (χ1v) is 13.0. The summed E-state index contributed by atoms with van der Waals surface area (Å²) >= 11 is 0. The highest BCUT2D eigenvalue weighted by Gasteiger charge is 2.43. The second-order valence-electron chi connectivity index (χ2n) is 10.5. The Bertz CT molecular complexity index is 1280. The van der Waals surface area contributed by atoms with Crippen molar-refractivity contribution in [1.29, 1.82) is 0 Å². The van der Waals surface area contributed by atoms with Crippen LogP contribution >= 0.6 is 0 Å². The standard InChI is InChI=1S/C28H32F5N3O2/c1-3-4-7-35-12-19(13-35)38-18-10-22(30)25(23(31)11-18)27-26-21(20-9-17(29)5-6-24(20)34-26)8-16(2)36(27)14-28(32,33)15-37/h5-6,9-11,16,19,27,34,37H,3-4,7-8,12-15H2,1-2H3/t16-,27-/m1/s1. The van der Waals surface area contributed by atoms with E-state index < -0.39 is 54.2 Å². The fourth-order valence-electron chi connectivity index (χ4n) is 5.65. The second-order valence-corrected chi connectivity index (χ2v) is 10.5. The molecule has 0 unspecified atom stereocenters. The lowest BCUT2D eigenvalue weighted by Crippen LogP contribution is -2.53. The predicted molar refractivity (Wildman–Crippen MR) is 134 cm³/mol. The Morgan fingerprint density at radius 1 is 1.11 bits per heavy atom. The lowest BCUT2D eigenvalue weighted by Gasteiger charge is -2.42. The molecule has 0 aliphatic carbocycles. The van der Waals surface area contributed by atoms with E-state index in [9.17, 15) is 18.3 Å². The van der Waals surface area contributed by atoms with E-state index in [-0.39, 0.29) is 18.3 Å². The van der Waals surface area contributed by atoms with Crippen LogP contribution in [0, 0.1) is 17.5 Å². The average Bonchev–Trinajstić information content (AvgIpc) is 3.18. The molecule has 0 saturated carbocycles. The first-order chi connectivity index (χ1) is 18.1. The summed E-state index contributed by atoms with van der Waals surface area (Å²) in [5.74, 6) is -5.77. The largest absolute Gasteiger partial charge is 0.488 e. The number of benzene rings is 2. The molecule has 5 rings (SSSR count). The van der Waals surface area contributed by atoms with Crippen molar-refractivity contribution in [3.8, 4) is 5.75 Å². The molecule has 1 fully saturated rings. The summed E-state index contributed by atoms with van der Waals surface area (Å²) in [5.41, 5.74) is 1.10. The molecule has 0 radical (unpaired) electrons. The van der Waals surface area contributed by atoms with Crippen LogP contribution in [0.15, 0.2) is 30.3 Å². The van der Waals surface area contributed by atoms with Gasteiger partial charge in [0.1, 0.15) is 35.9 Å². The number of hydrogen-bond acceptors (Lipinski definition) is 4. The first-order valence-electron chi connectivity index (χ1n) is 13.0. The molecule has 3 heterocycles. The number of unbranched alkanes of at least 4 members (excludes halogenated alkanes) is 1. The van der Waals surface area contributed by atoms with Gasteiger partial charge in [-0.2, -0.15) is 0 Å². The topological polar surface area (TPSA) is 51.7 Å². The quantitative estimate of drug-likeness (QED) is 0.359. The van der Waals surface area contributed by atoms with Crippen molar-refractivity contribution in [1.82, 2.24) is 14.8 Å². The predicted octanol–water partition coefficient (Wildman–Crippen LogP) is 5.41. The fraction of sp³-hybridized carbons (Fsp3) is 0.500. The molecule has 2 atom stereocenters. The highest BCUT2D eigenvalue weighted by atomic mass is 19.3. The van der Waals surface area contributed by atoms with Gasteiger partial charge in [-0.15, -0.1) is 0 Å². The number of aliphatic hydroxyl groups excluding tert-OH is 1. The van der Waals surface area contributed by atoms with Crippen LogP contribution in [-0.4, -0.2) is 70.7 Å². The van der Waals surface area contributed by atoms with Crippen molar-refractivity contribution in [2.45, 2.75) is 57.2 Å². The lowest BCUT2D eigenvalue weighted by atomic mass is 9.87. The van der Waals surface area contributed by atoms with Crippen LogP contribution in [0.3, 0.4) is 0 Å². The molecule has 0 bridgehead atoms. The lowest BCUT2D eigenvalue weighted by molar-refractivity contribution is -0.0869. The number of halogens is 5. The van der Waals surface area contributed by atoms with Gasteiger partial charge >= 0.3 is 0 Å². The summed E-state index contributed by atoms with van der Waals surface area (Å²) in [6.07, 6.45) is 2.23. The Kier molecular flexibility index (Phi) is 7.41. The number of alkyl halides is 2. The number of aromatic amines is 1. The smallest absolute Gasteiger partial charge is 0.283 e. The van der Waals surface area contributed by atoms with Crippen molar-refractivity contribution in [2.75, 3.05) is 32.8 Å². The molecule has 2 N–H and O–H groups in total. The molecule has 10 heteroatoms. The van der Waals surface area contributed by atoms with Crippen LogP contribution in [0.4, 0.5) is 22.0 Å². The van der Waals surface area contributed by atoms with Crippen LogP contribution in [0.1, 0.15) is 49.6 Å². The number of hydrogen-bond donors (Lipinski definition) is 2. The third kappa shape index (κ3) is 5.13. The van der Waals surface area contributed by atoms with Gasteiger partial charge in [-0.05, 0) is 50.1 Å². The van der Waals surface area contributed by atoms with E-state index in [2.05, 4.69) is 16.8 Å².